The fraction of sp³-hybridized carbons (Fsp3) is 1.00. The summed E-state index contributed by atoms with van der Waals surface area (Å²) in [6, 6.07) is -0.651. The van der Waals surface area contributed by atoms with Crippen LogP contribution in [-0.2, 0) is 41.6 Å². The number of hydrogen-bond donors (Lipinski definition) is 2. The van der Waals surface area contributed by atoms with Gasteiger partial charge in [0.05, 0.1) is 46.5 Å². The van der Waals surface area contributed by atoms with Gasteiger partial charge in [0.15, 0.2) is 0 Å². The number of phosphoric ester groups is 1. The van der Waals surface area contributed by atoms with Crippen molar-refractivity contribution in [3.63, 3.8) is 0 Å². The van der Waals surface area contributed by atoms with Crippen LogP contribution in [0.15, 0.2) is 0 Å². The molecule has 3 saturated heterocycles. The van der Waals surface area contributed by atoms with E-state index >= 15 is 0 Å². The summed E-state index contributed by atoms with van der Waals surface area (Å²) >= 11 is 0.570. The fourth-order valence-corrected chi connectivity index (χ4v) is 7.94. The first-order chi connectivity index (χ1) is 17.6. The maximum Gasteiger partial charge on any atom is 0.472 e. The standard InChI is InChI=1S/C21H39BO11P2S/c1-13(2)15-5-7-27-18(15)11-30-34(23,24)32-16-6-8-28-20(16)12-36-35(25,26)33-17-9-21(22)31-19(17)10-29-14(3)4/h13-21H,5-12H2,1-4H3,(H,23,24)(H,25,26)/i7T,8T. The van der Waals surface area contributed by atoms with E-state index in [1.807, 2.05) is 27.7 Å². The van der Waals surface area contributed by atoms with Crippen LogP contribution in [0, 0.1) is 11.8 Å². The van der Waals surface area contributed by atoms with Gasteiger partial charge < -0.3 is 28.7 Å². The number of ether oxygens (including phenoxy) is 4. The average Bonchev–Trinajstić information content (AvgIpc) is 3.44. The van der Waals surface area contributed by atoms with Crippen molar-refractivity contribution in [3.05, 3.63) is 0 Å². The highest BCUT2D eigenvalue weighted by Gasteiger charge is 2.42. The van der Waals surface area contributed by atoms with E-state index in [0.29, 0.717) is 17.8 Å². The van der Waals surface area contributed by atoms with Gasteiger partial charge in [0.1, 0.15) is 14.0 Å². The fourth-order valence-electron chi connectivity index (χ4n) is 4.21. The monoisotopic (exact) mass is 576 g/mol. The highest BCUT2D eigenvalue weighted by Crippen LogP contribution is 2.59. The summed E-state index contributed by atoms with van der Waals surface area (Å²) in [6.07, 6.45) is -3.20. The van der Waals surface area contributed by atoms with Gasteiger partial charge in [0.25, 0.3) is 0 Å². The second-order valence-electron chi connectivity index (χ2n) is 9.71. The third kappa shape index (κ3) is 9.61. The SMILES string of the molecule is [3H]C1CC(OP(=O)(O)OCC2OC([3H])CC2C(C)C)C(CSP(=O)(O)OC2CC([B])OC2COC(C)C)O1. The summed E-state index contributed by atoms with van der Waals surface area (Å²) in [5, 5.41) is 0. The van der Waals surface area contributed by atoms with Crippen molar-refractivity contribution < 1.29 is 54.2 Å². The van der Waals surface area contributed by atoms with Gasteiger partial charge in [-0.15, -0.1) is 0 Å². The number of hydrogen-bond acceptors (Lipinski definition) is 10. The molecule has 0 amide bonds. The lowest BCUT2D eigenvalue weighted by Crippen LogP contribution is -2.30. The molecular weight excluding hydrogens is 533 g/mol. The largest absolute Gasteiger partial charge is 0.472 e. The van der Waals surface area contributed by atoms with E-state index in [1.54, 1.807) is 0 Å². The van der Waals surface area contributed by atoms with Crippen molar-refractivity contribution >= 4 is 33.8 Å². The van der Waals surface area contributed by atoms with E-state index in [-0.39, 0.29) is 49.7 Å². The predicted octanol–water partition coefficient (Wildman–Crippen LogP) is 3.27. The lowest BCUT2D eigenvalue weighted by atomic mass is 9.90. The molecule has 0 aromatic carbocycles. The Morgan fingerprint density at radius 1 is 1.03 bits per heavy atom. The van der Waals surface area contributed by atoms with Gasteiger partial charge in [0, 0.05) is 31.3 Å². The Bertz CT molecular complexity index is 862. The summed E-state index contributed by atoms with van der Waals surface area (Å²) in [6.45, 7) is 1.62. The second kappa shape index (κ2) is 13.7. The van der Waals surface area contributed by atoms with E-state index in [1.165, 1.54) is 0 Å². The second-order valence-corrected chi connectivity index (χ2v) is 15.0. The van der Waals surface area contributed by atoms with Crippen molar-refractivity contribution in [2.75, 3.05) is 32.1 Å². The molecule has 15 heteroatoms. The molecule has 11 atom stereocenters. The van der Waals surface area contributed by atoms with Crippen LogP contribution in [-0.4, -0.2) is 92.4 Å². The van der Waals surface area contributed by atoms with Crippen molar-refractivity contribution in [2.24, 2.45) is 11.8 Å². The zero-order valence-electron chi connectivity index (χ0n) is 23.0. The summed E-state index contributed by atoms with van der Waals surface area (Å²) in [4.78, 5) is 20.8. The lowest BCUT2D eigenvalue weighted by molar-refractivity contribution is -0.0422. The molecule has 0 aliphatic carbocycles. The third-order valence-corrected chi connectivity index (χ3v) is 10.2. The Kier molecular flexibility index (Phi) is 10.7. The first-order valence-electron chi connectivity index (χ1n) is 13.3. The van der Waals surface area contributed by atoms with Crippen LogP contribution >= 0.6 is 26.0 Å². The maximum absolute atomic E-state index is 12.8. The average molecular weight is 576 g/mol. The quantitative estimate of drug-likeness (QED) is 0.232. The first-order valence-corrected chi connectivity index (χ1v) is 16.8. The molecular formula is C21H39BO11P2S. The zero-order chi connectivity index (χ0) is 28.3. The van der Waals surface area contributed by atoms with E-state index in [2.05, 4.69) is 0 Å². The molecule has 0 spiro atoms. The van der Waals surface area contributed by atoms with Crippen molar-refractivity contribution in [1.29, 1.82) is 0 Å². The van der Waals surface area contributed by atoms with Crippen molar-refractivity contribution in [1.82, 2.24) is 0 Å². The van der Waals surface area contributed by atoms with Gasteiger partial charge in [-0.05, 0) is 49.9 Å². The smallest absolute Gasteiger partial charge is 0.380 e. The van der Waals surface area contributed by atoms with E-state index in [0.717, 1.165) is 0 Å². The molecule has 0 aromatic heterocycles. The predicted molar refractivity (Wildman–Crippen MR) is 135 cm³/mol. The summed E-state index contributed by atoms with van der Waals surface area (Å²) in [5.74, 6) is 0.0687. The molecule has 0 aromatic rings. The van der Waals surface area contributed by atoms with E-state index < -0.39 is 64.3 Å². The van der Waals surface area contributed by atoms with E-state index in [4.69, 9.17) is 43.1 Å². The molecule has 3 aliphatic heterocycles. The Hall–Kier alpha value is 0.515. The molecule has 0 saturated carbocycles. The Morgan fingerprint density at radius 3 is 2.42 bits per heavy atom. The van der Waals surface area contributed by atoms with Gasteiger partial charge in [0.2, 0.25) is 0 Å². The minimum Gasteiger partial charge on any atom is -0.380 e. The Balaban J connectivity index is 1.51. The topological polar surface area (TPSA) is 139 Å². The van der Waals surface area contributed by atoms with Gasteiger partial charge in [-0.25, -0.2) is 9.13 Å². The molecule has 208 valence electrons. The normalized spacial score (nSPS) is 41.4. The van der Waals surface area contributed by atoms with Crippen LogP contribution in [0.25, 0.3) is 0 Å². The van der Waals surface area contributed by atoms with E-state index in [9.17, 15) is 18.9 Å². The van der Waals surface area contributed by atoms with Crippen LogP contribution in [0.2, 0.25) is 0 Å². The Labute approximate surface area is 221 Å². The Morgan fingerprint density at radius 2 is 1.72 bits per heavy atom. The first kappa shape index (κ1) is 28.1. The van der Waals surface area contributed by atoms with Crippen LogP contribution in [0.1, 0.15) is 49.7 Å². The minimum absolute atomic E-state index is 0.00383. The van der Waals surface area contributed by atoms with Gasteiger partial charge >= 0.3 is 14.6 Å². The summed E-state index contributed by atoms with van der Waals surface area (Å²) in [5.41, 5.74) is 0. The molecule has 3 aliphatic rings. The number of rotatable bonds is 14. The van der Waals surface area contributed by atoms with Gasteiger partial charge in [-0.1, -0.05) is 13.8 Å². The molecule has 3 rings (SSSR count). The molecule has 2 N–H and O–H groups in total. The third-order valence-electron chi connectivity index (χ3n) is 6.15. The van der Waals surface area contributed by atoms with Crippen LogP contribution in [0.5, 0.6) is 0 Å². The molecule has 3 heterocycles. The molecule has 0 bridgehead atoms. The van der Waals surface area contributed by atoms with Crippen LogP contribution < -0.4 is 0 Å². The highest BCUT2D eigenvalue weighted by molar-refractivity contribution is 8.54. The van der Waals surface area contributed by atoms with Gasteiger partial charge in [-0.2, -0.15) is 0 Å². The molecule has 2 radical (unpaired) electrons. The molecule has 11 nitrogen and oxygen atoms in total. The summed E-state index contributed by atoms with van der Waals surface area (Å²) in [7, 11) is 1.25. The maximum atomic E-state index is 12.8. The van der Waals surface area contributed by atoms with Crippen molar-refractivity contribution in [3.8, 4) is 0 Å². The van der Waals surface area contributed by atoms with Gasteiger partial charge in [-0.3, -0.25) is 13.6 Å². The lowest BCUT2D eigenvalue weighted by Gasteiger charge is -2.25. The zero-order valence-corrected chi connectivity index (χ0v) is 23.6. The molecule has 11 unspecified atom stereocenters. The minimum atomic E-state index is -4.58. The molecule has 3 fully saturated rings. The highest BCUT2D eigenvalue weighted by atomic mass is 32.7. The van der Waals surface area contributed by atoms with Crippen molar-refractivity contribution in [2.45, 2.75) is 89.6 Å². The van der Waals surface area contributed by atoms with Crippen LogP contribution in [0.3, 0.4) is 0 Å². The molecule has 36 heavy (non-hydrogen) atoms. The number of phosphoric acid groups is 1. The summed E-state index contributed by atoms with van der Waals surface area (Å²) < 4.78 is 79.2. The van der Waals surface area contributed by atoms with Crippen LogP contribution in [0.4, 0.5) is 0 Å².